The van der Waals surface area contributed by atoms with Crippen LogP contribution in [-0.2, 0) is 20.7 Å². The Morgan fingerprint density at radius 3 is 2.47 bits per heavy atom. The van der Waals surface area contributed by atoms with Gasteiger partial charge in [0.25, 0.3) is 0 Å². The van der Waals surface area contributed by atoms with Crippen molar-refractivity contribution in [3.8, 4) is 5.75 Å². The van der Waals surface area contributed by atoms with Crippen molar-refractivity contribution in [1.82, 2.24) is 9.80 Å². The number of ether oxygens (including phenoxy) is 2. The minimum Gasteiger partial charge on any atom is -0.493 e. The molecule has 2 saturated heterocycles. The summed E-state index contributed by atoms with van der Waals surface area (Å²) in [5.41, 5.74) is 1.63. The van der Waals surface area contributed by atoms with E-state index in [-0.39, 0.29) is 17.6 Å². The highest BCUT2D eigenvalue weighted by Crippen LogP contribution is 2.36. The van der Waals surface area contributed by atoms with Crippen LogP contribution in [0.3, 0.4) is 0 Å². The van der Waals surface area contributed by atoms with Crippen LogP contribution in [0.4, 0.5) is 4.39 Å². The van der Waals surface area contributed by atoms with Gasteiger partial charge in [-0.05, 0) is 55.2 Å². The number of carbonyl (C=O) groups excluding carboxylic acids is 2. The molecule has 2 fully saturated rings. The monoisotopic (exact) mass is 468 g/mol. The summed E-state index contributed by atoms with van der Waals surface area (Å²) >= 11 is 0. The summed E-state index contributed by atoms with van der Waals surface area (Å²) in [6.45, 7) is 5.72. The van der Waals surface area contributed by atoms with Gasteiger partial charge in [-0.25, -0.2) is 4.39 Å². The molecule has 2 aliphatic rings. The highest BCUT2D eigenvalue weighted by molar-refractivity contribution is 5.80. The largest absolute Gasteiger partial charge is 0.493 e. The third-order valence-electron chi connectivity index (χ3n) is 6.87. The van der Waals surface area contributed by atoms with Crippen LogP contribution in [0, 0.1) is 18.2 Å². The summed E-state index contributed by atoms with van der Waals surface area (Å²) in [4.78, 5) is 30.2. The van der Waals surface area contributed by atoms with E-state index in [4.69, 9.17) is 9.47 Å². The number of piperidine rings is 1. The second-order valence-electron chi connectivity index (χ2n) is 9.43. The lowest BCUT2D eigenvalue weighted by Crippen LogP contribution is -2.52. The van der Waals surface area contributed by atoms with Crippen LogP contribution in [0.1, 0.15) is 30.4 Å². The van der Waals surface area contributed by atoms with Crippen molar-refractivity contribution in [2.75, 3.05) is 46.0 Å². The molecule has 0 aliphatic carbocycles. The third-order valence-corrected chi connectivity index (χ3v) is 6.87. The highest BCUT2D eigenvalue weighted by atomic mass is 19.1. The molecule has 0 spiro atoms. The van der Waals surface area contributed by atoms with Gasteiger partial charge in [-0.15, -0.1) is 0 Å². The number of hydrogen-bond donors (Lipinski definition) is 0. The molecule has 0 N–H and O–H groups in total. The molecule has 0 saturated carbocycles. The molecule has 2 amide bonds. The first kappa shape index (κ1) is 24.2. The standard InChI is InChI=1S/C27H33FN2O4/c1-21-5-2-3-6-22(21)17-25(31)30-12-4-11-27(19-30,18-26(32)29-13-15-33-16-14-29)20-34-24-9-7-23(28)8-10-24/h2-3,5-10H,4,11-20H2,1H3/t27-/m0/s1. The Balaban J connectivity index is 1.49. The molecule has 4 rings (SSSR count). The molecule has 0 unspecified atom stereocenters. The first-order valence-electron chi connectivity index (χ1n) is 12.0. The summed E-state index contributed by atoms with van der Waals surface area (Å²) in [6, 6.07) is 13.8. The zero-order valence-electron chi connectivity index (χ0n) is 19.8. The second kappa shape index (κ2) is 11.0. The van der Waals surface area contributed by atoms with Crippen molar-refractivity contribution in [3.63, 3.8) is 0 Å². The molecule has 0 bridgehead atoms. The average molecular weight is 469 g/mol. The quantitative estimate of drug-likeness (QED) is 0.623. The van der Waals surface area contributed by atoms with Crippen LogP contribution in [0.25, 0.3) is 0 Å². The Kier molecular flexibility index (Phi) is 7.83. The van der Waals surface area contributed by atoms with Gasteiger partial charge in [0, 0.05) is 38.0 Å². The first-order valence-corrected chi connectivity index (χ1v) is 12.0. The van der Waals surface area contributed by atoms with Gasteiger partial charge in [-0.2, -0.15) is 0 Å². The Labute approximate surface area is 200 Å². The number of carbonyl (C=O) groups is 2. The molecule has 2 aromatic rings. The first-order chi connectivity index (χ1) is 16.4. The van der Waals surface area contributed by atoms with Crippen molar-refractivity contribution >= 4 is 11.8 Å². The second-order valence-corrected chi connectivity index (χ2v) is 9.43. The van der Waals surface area contributed by atoms with Gasteiger partial charge in [0.05, 0.1) is 26.2 Å². The molecule has 0 aromatic heterocycles. The molecule has 2 heterocycles. The molecule has 6 nitrogen and oxygen atoms in total. The van der Waals surface area contributed by atoms with Gasteiger partial charge in [0.2, 0.25) is 11.8 Å². The molecule has 0 radical (unpaired) electrons. The maximum absolute atomic E-state index is 13.3. The van der Waals surface area contributed by atoms with Crippen molar-refractivity contribution < 1.29 is 23.5 Å². The summed E-state index contributed by atoms with van der Waals surface area (Å²) < 4.78 is 24.8. The lowest BCUT2D eigenvalue weighted by molar-refractivity contribution is -0.143. The predicted octanol–water partition coefficient (Wildman–Crippen LogP) is 3.61. The van der Waals surface area contributed by atoms with Gasteiger partial charge in [-0.3, -0.25) is 9.59 Å². The van der Waals surface area contributed by atoms with Crippen LogP contribution in [-0.4, -0.2) is 67.6 Å². The van der Waals surface area contributed by atoms with E-state index in [9.17, 15) is 14.0 Å². The highest BCUT2D eigenvalue weighted by Gasteiger charge is 2.41. The number of likely N-dealkylation sites (tertiary alicyclic amines) is 1. The minimum atomic E-state index is -0.497. The smallest absolute Gasteiger partial charge is 0.227 e. The fraction of sp³-hybridized carbons (Fsp3) is 0.481. The number of morpholine rings is 1. The normalized spacial score (nSPS) is 20.8. The zero-order valence-corrected chi connectivity index (χ0v) is 19.8. The Bertz CT molecular complexity index is 990. The molecule has 7 heteroatoms. The number of rotatable bonds is 7. The minimum absolute atomic E-state index is 0.0685. The van der Waals surface area contributed by atoms with E-state index in [1.165, 1.54) is 12.1 Å². The molecule has 2 aliphatic heterocycles. The Morgan fingerprint density at radius 1 is 1.00 bits per heavy atom. The van der Waals surface area contributed by atoms with E-state index in [2.05, 4.69) is 0 Å². The molecule has 182 valence electrons. The number of hydrogen-bond acceptors (Lipinski definition) is 4. The van der Waals surface area contributed by atoms with E-state index in [1.807, 2.05) is 41.0 Å². The van der Waals surface area contributed by atoms with E-state index in [1.54, 1.807) is 12.1 Å². The van der Waals surface area contributed by atoms with Crippen LogP contribution in [0.2, 0.25) is 0 Å². The van der Waals surface area contributed by atoms with Crippen molar-refractivity contribution in [3.05, 3.63) is 65.5 Å². The number of aryl methyl sites for hydroxylation is 1. The maximum Gasteiger partial charge on any atom is 0.227 e. The summed E-state index contributed by atoms with van der Waals surface area (Å²) in [6.07, 6.45) is 2.25. The maximum atomic E-state index is 13.3. The summed E-state index contributed by atoms with van der Waals surface area (Å²) in [5, 5.41) is 0. The van der Waals surface area contributed by atoms with Crippen molar-refractivity contribution in [2.45, 2.75) is 32.6 Å². The Morgan fingerprint density at radius 2 is 1.74 bits per heavy atom. The van der Waals surface area contributed by atoms with Crippen LogP contribution < -0.4 is 4.74 Å². The van der Waals surface area contributed by atoms with E-state index in [0.29, 0.717) is 64.6 Å². The Hall–Kier alpha value is -2.93. The van der Waals surface area contributed by atoms with Gasteiger partial charge in [0.15, 0.2) is 0 Å². The number of benzene rings is 2. The predicted molar refractivity (Wildman–Crippen MR) is 127 cm³/mol. The molecule has 2 aromatic carbocycles. The fourth-order valence-electron chi connectivity index (χ4n) is 4.83. The SMILES string of the molecule is Cc1ccccc1CC(=O)N1CCC[C@](COc2ccc(F)cc2)(CC(=O)N2CCOCC2)C1. The van der Waals surface area contributed by atoms with E-state index < -0.39 is 5.41 Å². The lowest BCUT2D eigenvalue weighted by atomic mass is 9.77. The van der Waals surface area contributed by atoms with E-state index >= 15 is 0 Å². The average Bonchev–Trinajstić information content (AvgIpc) is 2.86. The molecular formula is C27H33FN2O4. The zero-order chi connectivity index (χ0) is 24.0. The van der Waals surface area contributed by atoms with Crippen molar-refractivity contribution in [1.29, 1.82) is 0 Å². The topological polar surface area (TPSA) is 59.1 Å². The van der Waals surface area contributed by atoms with Crippen LogP contribution in [0.5, 0.6) is 5.75 Å². The fourth-order valence-corrected chi connectivity index (χ4v) is 4.83. The summed E-state index contributed by atoms with van der Waals surface area (Å²) in [5.74, 6) is 0.372. The van der Waals surface area contributed by atoms with Gasteiger partial charge in [0.1, 0.15) is 11.6 Å². The number of halogens is 1. The number of amides is 2. The summed E-state index contributed by atoms with van der Waals surface area (Å²) in [7, 11) is 0. The van der Waals surface area contributed by atoms with Gasteiger partial charge >= 0.3 is 0 Å². The molecule has 34 heavy (non-hydrogen) atoms. The van der Waals surface area contributed by atoms with E-state index in [0.717, 1.165) is 24.0 Å². The van der Waals surface area contributed by atoms with Crippen molar-refractivity contribution in [2.24, 2.45) is 5.41 Å². The van der Waals surface area contributed by atoms with Crippen LogP contribution in [0.15, 0.2) is 48.5 Å². The van der Waals surface area contributed by atoms with Gasteiger partial charge in [-0.1, -0.05) is 24.3 Å². The van der Waals surface area contributed by atoms with Gasteiger partial charge < -0.3 is 19.3 Å². The molecule has 1 atom stereocenters. The molecular weight excluding hydrogens is 435 g/mol. The third kappa shape index (κ3) is 6.14. The van der Waals surface area contributed by atoms with Crippen LogP contribution >= 0.6 is 0 Å². The number of nitrogens with zero attached hydrogens (tertiary/aromatic N) is 2. The lowest BCUT2D eigenvalue weighted by Gasteiger charge is -2.43.